The maximum absolute atomic E-state index is 2.38. The minimum Gasteiger partial charge on any atom is -0.0884 e. The Balaban J connectivity index is 2.11. The minimum atomic E-state index is -1.65. The van der Waals surface area contributed by atoms with E-state index in [4.69, 9.17) is 0 Å². The van der Waals surface area contributed by atoms with E-state index in [1.54, 1.807) is 0 Å². The van der Waals surface area contributed by atoms with E-state index in [1.165, 1.54) is 34.9 Å². The van der Waals surface area contributed by atoms with Crippen molar-refractivity contribution in [2.24, 2.45) is 0 Å². The summed E-state index contributed by atoms with van der Waals surface area (Å²) in [6.45, 7) is 2.24. The second-order valence-electron chi connectivity index (χ2n) is 6.59. The third-order valence-corrected chi connectivity index (χ3v) is 9.31. The van der Waals surface area contributed by atoms with E-state index in [1.807, 2.05) is 0 Å². The van der Waals surface area contributed by atoms with Gasteiger partial charge in [0, 0.05) is 6.42 Å². The molecule has 0 radical (unpaired) electrons. The summed E-state index contributed by atoms with van der Waals surface area (Å²) in [6, 6.07) is 33.4. The summed E-state index contributed by atoms with van der Waals surface area (Å²) in [4.78, 5) is 0. The monoisotopic (exact) mass is 359 g/mol. The Kier molecular flexibility index (Phi) is 6.81. The molecule has 0 N–H and O–H groups in total. The zero-order valence-corrected chi connectivity index (χ0v) is 16.5. The molecule has 0 atom stereocenters. The molecule has 0 heterocycles. The molecule has 0 aromatic heterocycles. The summed E-state index contributed by atoms with van der Waals surface area (Å²) < 4.78 is 0. The van der Waals surface area contributed by atoms with Crippen LogP contribution in [0.1, 0.15) is 26.2 Å². The van der Waals surface area contributed by atoms with Crippen LogP contribution in [0.5, 0.6) is 0 Å². The van der Waals surface area contributed by atoms with Crippen LogP contribution in [-0.4, -0.2) is 6.16 Å². The third-order valence-electron chi connectivity index (χ3n) is 4.84. The van der Waals surface area contributed by atoms with E-state index in [-0.39, 0.29) is 0 Å². The van der Waals surface area contributed by atoms with Crippen molar-refractivity contribution in [1.82, 2.24) is 0 Å². The second kappa shape index (κ2) is 9.51. The van der Waals surface area contributed by atoms with Crippen molar-refractivity contribution in [3.8, 4) is 0 Å². The second-order valence-corrected chi connectivity index (χ2v) is 10.2. The minimum absolute atomic E-state index is 1.12. The van der Waals surface area contributed by atoms with E-state index < -0.39 is 7.26 Å². The lowest BCUT2D eigenvalue weighted by atomic mass is 10.3. The first-order chi connectivity index (χ1) is 12.9. The highest BCUT2D eigenvalue weighted by Gasteiger charge is 2.44. The highest BCUT2D eigenvalue weighted by atomic mass is 31.2. The Morgan fingerprint density at radius 1 is 0.577 bits per heavy atom. The molecule has 3 aromatic carbocycles. The van der Waals surface area contributed by atoms with Crippen LogP contribution < -0.4 is 15.9 Å². The van der Waals surface area contributed by atoms with E-state index in [0.717, 1.165) is 6.42 Å². The van der Waals surface area contributed by atoms with Gasteiger partial charge in [0.1, 0.15) is 23.2 Å². The maximum atomic E-state index is 2.38. The fraction of sp³-hybridized carbons (Fsp3) is 0.200. The van der Waals surface area contributed by atoms with Gasteiger partial charge >= 0.3 is 0 Å². The quantitative estimate of drug-likeness (QED) is 0.356. The molecule has 0 saturated heterocycles. The highest BCUT2D eigenvalue weighted by molar-refractivity contribution is 7.95. The van der Waals surface area contributed by atoms with Gasteiger partial charge in [0.2, 0.25) is 0 Å². The van der Waals surface area contributed by atoms with Gasteiger partial charge in [0.15, 0.2) is 0 Å². The van der Waals surface area contributed by atoms with Gasteiger partial charge in [0.25, 0.3) is 0 Å². The van der Waals surface area contributed by atoms with Gasteiger partial charge in [-0.15, -0.1) is 0 Å². The Labute approximate surface area is 158 Å². The topological polar surface area (TPSA) is 0 Å². The van der Waals surface area contributed by atoms with Gasteiger partial charge in [0.05, 0.1) is 6.16 Å². The largest absolute Gasteiger partial charge is 0.112 e. The standard InChI is InChI=1S/C25H28P/c1-2-3-4-5-15-22-26(23-16-9-6-10-17-23,24-18-11-7-12-19-24)25-20-13-8-14-21-25/h4-14,16-21H,2-3,15,22H2,1H3/q+1/b5-4-. The Bertz CT molecular complexity index is 695. The molecular formula is C25H28P+. The molecule has 0 aliphatic rings. The van der Waals surface area contributed by atoms with Crippen molar-refractivity contribution in [1.29, 1.82) is 0 Å². The predicted molar refractivity (Wildman–Crippen MR) is 119 cm³/mol. The van der Waals surface area contributed by atoms with Crippen LogP contribution in [-0.2, 0) is 0 Å². The van der Waals surface area contributed by atoms with Crippen LogP contribution in [0.15, 0.2) is 103 Å². The van der Waals surface area contributed by atoms with E-state index in [9.17, 15) is 0 Å². The number of allylic oxidation sites excluding steroid dienone is 2. The molecule has 0 spiro atoms. The van der Waals surface area contributed by atoms with Crippen molar-refractivity contribution in [2.45, 2.75) is 26.2 Å². The van der Waals surface area contributed by atoms with Crippen LogP contribution in [0, 0.1) is 0 Å². The Hall–Kier alpha value is -2.17. The van der Waals surface area contributed by atoms with Crippen LogP contribution in [0.3, 0.4) is 0 Å². The summed E-state index contributed by atoms with van der Waals surface area (Å²) in [6.07, 6.45) is 9.40. The van der Waals surface area contributed by atoms with Gasteiger partial charge in [-0.2, -0.15) is 0 Å². The van der Waals surface area contributed by atoms with E-state index >= 15 is 0 Å². The van der Waals surface area contributed by atoms with Crippen molar-refractivity contribution >= 4 is 23.2 Å². The maximum Gasteiger partial charge on any atom is 0.112 e. The normalized spacial score (nSPS) is 11.7. The average Bonchev–Trinajstić information content (AvgIpc) is 2.73. The number of hydrogen-bond donors (Lipinski definition) is 0. The molecule has 0 saturated carbocycles. The first kappa shape index (κ1) is 18.6. The number of unbranched alkanes of at least 4 members (excludes halogenated alkanes) is 1. The van der Waals surface area contributed by atoms with Crippen LogP contribution in [0.2, 0.25) is 0 Å². The Morgan fingerprint density at radius 3 is 1.35 bits per heavy atom. The molecule has 3 rings (SSSR count). The molecule has 0 bridgehead atoms. The van der Waals surface area contributed by atoms with E-state index in [2.05, 4.69) is 110 Å². The third kappa shape index (κ3) is 4.14. The fourth-order valence-electron chi connectivity index (χ4n) is 3.55. The predicted octanol–water partition coefficient (Wildman–Crippen LogP) is 5.73. The summed E-state index contributed by atoms with van der Waals surface area (Å²) in [5.74, 6) is 0. The van der Waals surface area contributed by atoms with Gasteiger partial charge in [-0.3, -0.25) is 0 Å². The fourth-order valence-corrected chi connectivity index (χ4v) is 7.80. The van der Waals surface area contributed by atoms with Crippen LogP contribution >= 0.6 is 7.26 Å². The smallest absolute Gasteiger partial charge is 0.0884 e. The molecule has 1 heteroatoms. The number of hydrogen-bond acceptors (Lipinski definition) is 0. The van der Waals surface area contributed by atoms with Crippen LogP contribution in [0.4, 0.5) is 0 Å². The molecule has 3 aromatic rings. The van der Waals surface area contributed by atoms with Gasteiger partial charge in [-0.1, -0.05) is 80.1 Å². The summed E-state index contributed by atoms with van der Waals surface area (Å²) in [5, 5.41) is 4.42. The van der Waals surface area contributed by atoms with Crippen molar-refractivity contribution in [2.75, 3.05) is 6.16 Å². The van der Waals surface area contributed by atoms with Crippen molar-refractivity contribution in [3.05, 3.63) is 103 Å². The number of rotatable bonds is 8. The first-order valence-electron chi connectivity index (χ1n) is 9.58. The molecule has 0 fully saturated rings. The zero-order valence-electron chi connectivity index (χ0n) is 15.6. The highest BCUT2D eigenvalue weighted by Crippen LogP contribution is 2.55. The molecule has 0 aliphatic heterocycles. The molecule has 0 unspecified atom stereocenters. The molecule has 132 valence electrons. The molecule has 0 aliphatic carbocycles. The summed E-state index contributed by atoms with van der Waals surface area (Å²) in [5.41, 5.74) is 0. The molecule has 0 nitrogen and oxygen atoms in total. The lowest BCUT2D eigenvalue weighted by molar-refractivity contribution is 0.952. The number of benzene rings is 3. The van der Waals surface area contributed by atoms with E-state index in [0.29, 0.717) is 0 Å². The SMILES string of the molecule is CCC/C=C\CC[P+](c1ccccc1)(c1ccccc1)c1ccccc1. The Morgan fingerprint density at radius 2 is 0.962 bits per heavy atom. The summed E-state index contributed by atoms with van der Waals surface area (Å²) in [7, 11) is -1.65. The summed E-state index contributed by atoms with van der Waals surface area (Å²) >= 11 is 0. The molecule has 26 heavy (non-hydrogen) atoms. The lowest BCUT2D eigenvalue weighted by Gasteiger charge is -2.27. The van der Waals surface area contributed by atoms with Crippen molar-refractivity contribution < 1.29 is 0 Å². The average molecular weight is 359 g/mol. The van der Waals surface area contributed by atoms with Gasteiger partial charge in [-0.25, -0.2) is 0 Å². The first-order valence-corrected chi connectivity index (χ1v) is 11.6. The molecule has 0 amide bonds. The van der Waals surface area contributed by atoms with Gasteiger partial charge < -0.3 is 0 Å². The molecular weight excluding hydrogens is 331 g/mol. The zero-order chi connectivity index (χ0) is 18.1. The van der Waals surface area contributed by atoms with Crippen LogP contribution in [0.25, 0.3) is 0 Å². The lowest BCUT2D eigenvalue weighted by Crippen LogP contribution is -2.33. The van der Waals surface area contributed by atoms with Crippen molar-refractivity contribution in [3.63, 3.8) is 0 Å². The van der Waals surface area contributed by atoms with Gasteiger partial charge in [-0.05, 0) is 42.8 Å².